The Morgan fingerprint density at radius 3 is 2.59 bits per heavy atom. The number of nitrogens with one attached hydrogen (secondary N) is 1. The Hall–Kier alpha value is -1.35. The Morgan fingerprint density at radius 1 is 1.29 bits per heavy atom. The van der Waals surface area contributed by atoms with Crippen LogP contribution in [0, 0.1) is 5.92 Å². The number of likely N-dealkylation sites (tertiary alicyclic amines) is 1. The van der Waals surface area contributed by atoms with Crippen LogP contribution in [0.1, 0.15) is 19.8 Å². The molecule has 0 saturated carbocycles. The van der Waals surface area contributed by atoms with Crippen molar-refractivity contribution in [2.24, 2.45) is 5.92 Å². The Labute approximate surface area is 103 Å². The van der Waals surface area contributed by atoms with Gasteiger partial charge in [-0.15, -0.1) is 0 Å². The first-order valence-electron chi connectivity index (χ1n) is 6.31. The van der Waals surface area contributed by atoms with Crippen LogP contribution in [0.15, 0.2) is 30.3 Å². The fourth-order valence-corrected chi connectivity index (χ4v) is 2.15. The van der Waals surface area contributed by atoms with Crippen molar-refractivity contribution in [3.8, 4) is 0 Å². The lowest BCUT2D eigenvalue weighted by molar-refractivity contribution is -0.117. The summed E-state index contributed by atoms with van der Waals surface area (Å²) >= 11 is 0. The Kier molecular flexibility index (Phi) is 4.15. The molecule has 1 heterocycles. The van der Waals surface area contributed by atoms with Gasteiger partial charge in [0.25, 0.3) is 0 Å². The first-order valence-corrected chi connectivity index (χ1v) is 6.31. The summed E-state index contributed by atoms with van der Waals surface area (Å²) in [6.07, 6.45) is 2.41. The number of amides is 1. The lowest BCUT2D eigenvalue weighted by Crippen LogP contribution is -2.38. The molecule has 3 heteroatoms. The van der Waals surface area contributed by atoms with Crippen molar-refractivity contribution in [3.05, 3.63) is 30.3 Å². The average Bonchev–Trinajstić information content (AvgIpc) is 2.33. The Balaban J connectivity index is 1.78. The number of piperidine rings is 1. The summed E-state index contributed by atoms with van der Waals surface area (Å²) in [5.74, 6) is 0.897. The van der Waals surface area contributed by atoms with E-state index in [0.29, 0.717) is 6.54 Å². The predicted molar refractivity (Wildman–Crippen MR) is 69.9 cm³/mol. The quantitative estimate of drug-likeness (QED) is 0.867. The molecule has 0 atom stereocenters. The molecule has 1 fully saturated rings. The molecule has 1 aliphatic heterocycles. The van der Waals surface area contributed by atoms with Gasteiger partial charge in [0, 0.05) is 5.69 Å². The topological polar surface area (TPSA) is 32.3 Å². The summed E-state index contributed by atoms with van der Waals surface area (Å²) in [5, 5.41) is 2.92. The van der Waals surface area contributed by atoms with Gasteiger partial charge in [0.1, 0.15) is 0 Å². The molecule has 3 nitrogen and oxygen atoms in total. The number of hydrogen-bond acceptors (Lipinski definition) is 2. The summed E-state index contributed by atoms with van der Waals surface area (Å²) in [5.41, 5.74) is 0.878. The SMILES string of the molecule is CC1CCN(CC(=O)Nc2ccccc2)CC1. The largest absolute Gasteiger partial charge is 0.325 e. The monoisotopic (exact) mass is 232 g/mol. The van der Waals surface area contributed by atoms with Crippen LogP contribution in [0.4, 0.5) is 5.69 Å². The van der Waals surface area contributed by atoms with Crippen molar-refractivity contribution in [2.45, 2.75) is 19.8 Å². The maximum Gasteiger partial charge on any atom is 0.238 e. The fourth-order valence-electron chi connectivity index (χ4n) is 2.15. The van der Waals surface area contributed by atoms with Crippen molar-refractivity contribution >= 4 is 11.6 Å². The molecule has 1 amide bonds. The summed E-state index contributed by atoms with van der Waals surface area (Å²) in [6, 6.07) is 9.63. The molecule has 0 radical (unpaired) electrons. The van der Waals surface area contributed by atoms with Crippen molar-refractivity contribution in [1.82, 2.24) is 4.90 Å². The van der Waals surface area contributed by atoms with Gasteiger partial charge in [-0.3, -0.25) is 9.69 Å². The first-order chi connectivity index (χ1) is 8.24. The molecule has 2 rings (SSSR count). The third kappa shape index (κ3) is 3.86. The molecule has 1 aromatic rings. The molecular formula is C14H20N2O. The molecule has 1 aromatic carbocycles. The zero-order valence-electron chi connectivity index (χ0n) is 10.4. The maximum absolute atomic E-state index is 11.8. The minimum absolute atomic E-state index is 0.0887. The van der Waals surface area contributed by atoms with Crippen LogP contribution in [0.3, 0.4) is 0 Å². The molecule has 0 aromatic heterocycles. The number of benzene rings is 1. The summed E-state index contributed by atoms with van der Waals surface area (Å²) in [6.45, 7) is 4.88. The van der Waals surface area contributed by atoms with Crippen LogP contribution in [0.2, 0.25) is 0 Å². The van der Waals surface area contributed by atoms with Gasteiger partial charge in [-0.25, -0.2) is 0 Å². The van der Waals surface area contributed by atoms with E-state index in [1.807, 2.05) is 30.3 Å². The molecule has 0 aliphatic carbocycles. The third-order valence-electron chi connectivity index (χ3n) is 3.30. The highest BCUT2D eigenvalue weighted by Crippen LogP contribution is 2.15. The van der Waals surface area contributed by atoms with Gasteiger partial charge in [0.15, 0.2) is 0 Å². The number of hydrogen-bond donors (Lipinski definition) is 1. The molecule has 0 unspecified atom stereocenters. The lowest BCUT2D eigenvalue weighted by Gasteiger charge is -2.29. The van der Waals surface area contributed by atoms with Crippen LogP contribution in [-0.2, 0) is 4.79 Å². The van der Waals surface area contributed by atoms with Crippen LogP contribution in [0.25, 0.3) is 0 Å². The summed E-state index contributed by atoms with van der Waals surface area (Å²) in [7, 11) is 0. The molecule has 1 N–H and O–H groups in total. The van der Waals surface area contributed by atoms with Gasteiger partial charge in [-0.2, -0.15) is 0 Å². The van der Waals surface area contributed by atoms with E-state index >= 15 is 0 Å². The average molecular weight is 232 g/mol. The van der Waals surface area contributed by atoms with Gasteiger partial charge in [0.05, 0.1) is 6.54 Å². The summed E-state index contributed by atoms with van der Waals surface area (Å²) in [4.78, 5) is 14.0. The molecule has 0 spiro atoms. The molecule has 92 valence electrons. The molecule has 0 bridgehead atoms. The number of carbonyl (C=O) groups is 1. The number of rotatable bonds is 3. The van der Waals surface area contributed by atoms with Crippen LogP contribution in [-0.4, -0.2) is 30.4 Å². The smallest absolute Gasteiger partial charge is 0.238 e. The number of para-hydroxylation sites is 1. The highest BCUT2D eigenvalue weighted by Gasteiger charge is 2.17. The Bertz CT molecular complexity index is 356. The third-order valence-corrected chi connectivity index (χ3v) is 3.30. The lowest BCUT2D eigenvalue weighted by atomic mass is 9.99. The van der Waals surface area contributed by atoms with Gasteiger partial charge >= 0.3 is 0 Å². The highest BCUT2D eigenvalue weighted by molar-refractivity contribution is 5.92. The fraction of sp³-hybridized carbons (Fsp3) is 0.500. The second-order valence-corrected chi connectivity index (χ2v) is 4.87. The number of carbonyl (C=O) groups excluding carboxylic acids is 1. The zero-order valence-corrected chi connectivity index (χ0v) is 10.4. The second-order valence-electron chi connectivity index (χ2n) is 4.87. The van der Waals surface area contributed by atoms with E-state index < -0.39 is 0 Å². The molecule has 1 saturated heterocycles. The van der Waals surface area contributed by atoms with E-state index in [4.69, 9.17) is 0 Å². The van der Waals surface area contributed by atoms with E-state index in [2.05, 4.69) is 17.1 Å². The van der Waals surface area contributed by atoms with Crippen molar-refractivity contribution in [3.63, 3.8) is 0 Å². The molecular weight excluding hydrogens is 212 g/mol. The Morgan fingerprint density at radius 2 is 1.94 bits per heavy atom. The zero-order chi connectivity index (χ0) is 12.1. The van der Waals surface area contributed by atoms with Gasteiger partial charge < -0.3 is 5.32 Å². The van der Waals surface area contributed by atoms with Gasteiger partial charge in [-0.05, 0) is 44.0 Å². The molecule has 17 heavy (non-hydrogen) atoms. The van der Waals surface area contributed by atoms with E-state index in [-0.39, 0.29) is 5.91 Å². The van der Waals surface area contributed by atoms with Crippen LogP contribution in [0.5, 0.6) is 0 Å². The van der Waals surface area contributed by atoms with Crippen LogP contribution >= 0.6 is 0 Å². The van der Waals surface area contributed by atoms with E-state index in [1.165, 1.54) is 12.8 Å². The van der Waals surface area contributed by atoms with Crippen molar-refractivity contribution in [1.29, 1.82) is 0 Å². The van der Waals surface area contributed by atoms with E-state index in [1.54, 1.807) is 0 Å². The predicted octanol–water partition coefficient (Wildman–Crippen LogP) is 2.36. The van der Waals surface area contributed by atoms with E-state index in [0.717, 1.165) is 24.7 Å². The standard InChI is InChI=1S/C14H20N2O/c1-12-7-9-16(10-8-12)11-14(17)15-13-5-3-2-4-6-13/h2-6,12H,7-11H2,1H3,(H,15,17). The minimum Gasteiger partial charge on any atom is -0.325 e. The van der Waals surface area contributed by atoms with Gasteiger partial charge in [0.2, 0.25) is 5.91 Å². The van der Waals surface area contributed by atoms with Crippen molar-refractivity contribution in [2.75, 3.05) is 25.0 Å². The number of nitrogens with zero attached hydrogens (tertiary/aromatic N) is 1. The van der Waals surface area contributed by atoms with Crippen molar-refractivity contribution < 1.29 is 4.79 Å². The van der Waals surface area contributed by atoms with Crippen LogP contribution < -0.4 is 5.32 Å². The van der Waals surface area contributed by atoms with Gasteiger partial charge in [-0.1, -0.05) is 25.1 Å². The second kappa shape index (κ2) is 5.82. The first kappa shape index (κ1) is 12.1. The summed E-state index contributed by atoms with van der Waals surface area (Å²) < 4.78 is 0. The minimum atomic E-state index is 0.0887. The highest BCUT2D eigenvalue weighted by atomic mass is 16.2. The van der Waals surface area contributed by atoms with E-state index in [9.17, 15) is 4.79 Å². The maximum atomic E-state index is 11.8. The number of anilines is 1. The normalized spacial score (nSPS) is 17.9. The molecule has 1 aliphatic rings.